The van der Waals surface area contributed by atoms with Crippen LogP contribution in [0.3, 0.4) is 0 Å². The van der Waals surface area contributed by atoms with E-state index < -0.39 is 0 Å². The minimum absolute atomic E-state index is 0. The van der Waals surface area contributed by atoms with E-state index in [-0.39, 0.29) is 1.43 Å². The van der Waals surface area contributed by atoms with E-state index in [1.807, 2.05) is 14.1 Å². The topological polar surface area (TPSA) is 35.6 Å². The second-order valence-electron chi connectivity index (χ2n) is 5.53. The summed E-state index contributed by atoms with van der Waals surface area (Å²) in [5.74, 6) is 0. The lowest BCUT2D eigenvalue weighted by Crippen LogP contribution is -2.48. The fourth-order valence-corrected chi connectivity index (χ4v) is 2.89. The summed E-state index contributed by atoms with van der Waals surface area (Å²) in [5, 5.41) is 3.27. The highest BCUT2D eigenvalue weighted by molar-refractivity contribution is 5.47. The largest absolute Gasteiger partial charge is 0.344 e. The Balaban J connectivity index is 0.000000392. The summed E-state index contributed by atoms with van der Waals surface area (Å²) in [5.41, 5.74) is 0. The Morgan fingerprint density at radius 2 is 1.83 bits per heavy atom. The van der Waals surface area contributed by atoms with Gasteiger partial charge in [-0.2, -0.15) is 0 Å². The lowest BCUT2D eigenvalue weighted by atomic mass is 9.90. The predicted molar refractivity (Wildman–Crippen MR) is 77.8 cm³/mol. The molecule has 4 nitrogen and oxygen atoms in total. The summed E-state index contributed by atoms with van der Waals surface area (Å²) in [4.78, 5) is 14.7. The van der Waals surface area contributed by atoms with Gasteiger partial charge in [-0.3, -0.25) is 4.79 Å². The molecule has 1 heterocycles. The Morgan fingerprint density at radius 3 is 2.28 bits per heavy atom. The van der Waals surface area contributed by atoms with Crippen molar-refractivity contribution >= 4 is 6.41 Å². The van der Waals surface area contributed by atoms with Crippen LogP contribution in [0.15, 0.2) is 0 Å². The molecule has 1 aliphatic carbocycles. The maximum absolute atomic E-state index is 10.6. The first kappa shape index (κ1) is 15.4. The van der Waals surface area contributed by atoms with Gasteiger partial charge in [-0.05, 0) is 52.9 Å². The number of hydrogen-bond acceptors (Lipinski definition) is 3. The van der Waals surface area contributed by atoms with Crippen molar-refractivity contribution in [3.63, 3.8) is 0 Å². The van der Waals surface area contributed by atoms with Crippen LogP contribution in [0.25, 0.3) is 0 Å². The number of nitrogens with zero attached hydrogens (tertiary/aromatic N) is 2. The van der Waals surface area contributed by atoms with Crippen molar-refractivity contribution in [2.45, 2.75) is 50.6 Å². The molecular formula is C14H31N3O. The second-order valence-corrected chi connectivity index (χ2v) is 5.53. The average molecular weight is 257 g/mol. The Labute approximate surface area is 113 Å². The molecule has 0 aromatic rings. The molecule has 0 aromatic carbocycles. The van der Waals surface area contributed by atoms with Crippen LogP contribution in [-0.2, 0) is 4.79 Å². The van der Waals surface area contributed by atoms with Gasteiger partial charge in [-0.25, -0.2) is 0 Å². The number of nitrogens with one attached hydrogen (secondary N) is 1. The van der Waals surface area contributed by atoms with E-state index in [1.165, 1.54) is 45.2 Å². The molecule has 1 saturated carbocycles. The van der Waals surface area contributed by atoms with Gasteiger partial charge in [0, 0.05) is 20.6 Å². The number of carbonyl (C=O) groups is 1. The van der Waals surface area contributed by atoms with E-state index in [4.69, 9.17) is 0 Å². The molecule has 1 amide bonds. The van der Waals surface area contributed by atoms with E-state index in [2.05, 4.69) is 17.3 Å². The van der Waals surface area contributed by atoms with Gasteiger partial charge in [0.15, 0.2) is 0 Å². The lowest BCUT2D eigenvalue weighted by molar-refractivity contribution is -0.119. The molecule has 0 aromatic heterocycles. The SMILES string of the molecule is CN1CCCC1.CN[C@H]1CCCC[C@@H]1N(C)C=O.[HH]. The van der Waals surface area contributed by atoms with Gasteiger partial charge >= 0.3 is 0 Å². The van der Waals surface area contributed by atoms with E-state index in [0.717, 1.165) is 12.8 Å². The predicted octanol–water partition coefficient (Wildman–Crippen LogP) is 1.56. The van der Waals surface area contributed by atoms with Crippen LogP contribution < -0.4 is 5.32 Å². The summed E-state index contributed by atoms with van der Waals surface area (Å²) in [7, 11) is 6.02. The molecule has 18 heavy (non-hydrogen) atoms. The third kappa shape index (κ3) is 4.94. The van der Waals surface area contributed by atoms with Crippen molar-refractivity contribution in [3.8, 4) is 0 Å². The van der Waals surface area contributed by atoms with E-state index in [1.54, 1.807) is 4.90 Å². The van der Waals surface area contributed by atoms with Crippen LogP contribution in [0.2, 0.25) is 0 Å². The maximum Gasteiger partial charge on any atom is 0.209 e. The zero-order valence-electron chi connectivity index (χ0n) is 12.2. The van der Waals surface area contributed by atoms with Crippen LogP contribution in [-0.4, -0.2) is 62.5 Å². The molecule has 2 rings (SSSR count). The molecular weight excluding hydrogens is 226 g/mol. The van der Waals surface area contributed by atoms with Crippen LogP contribution in [0.4, 0.5) is 0 Å². The Kier molecular flexibility index (Phi) is 7.28. The normalized spacial score (nSPS) is 28.4. The summed E-state index contributed by atoms with van der Waals surface area (Å²) in [6.45, 7) is 2.64. The molecule has 2 atom stereocenters. The van der Waals surface area contributed by atoms with Crippen LogP contribution in [0.5, 0.6) is 0 Å². The number of carbonyl (C=O) groups excluding carboxylic acids is 1. The Hall–Kier alpha value is -0.610. The minimum atomic E-state index is 0. The molecule has 2 aliphatic rings. The molecule has 1 N–H and O–H groups in total. The van der Waals surface area contributed by atoms with Gasteiger partial charge in [0.2, 0.25) is 6.41 Å². The highest BCUT2D eigenvalue weighted by Crippen LogP contribution is 2.21. The number of rotatable bonds is 3. The van der Waals surface area contributed by atoms with Crippen molar-refractivity contribution in [2.75, 3.05) is 34.2 Å². The third-order valence-corrected chi connectivity index (χ3v) is 4.12. The highest BCUT2D eigenvalue weighted by atomic mass is 16.1. The maximum atomic E-state index is 10.6. The first-order valence-corrected chi connectivity index (χ1v) is 7.22. The minimum Gasteiger partial charge on any atom is -0.344 e. The molecule has 2 fully saturated rings. The van der Waals surface area contributed by atoms with Crippen LogP contribution >= 0.6 is 0 Å². The first-order valence-electron chi connectivity index (χ1n) is 7.22. The van der Waals surface area contributed by atoms with Gasteiger partial charge < -0.3 is 15.1 Å². The van der Waals surface area contributed by atoms with Crippen molar-refractivity contribution in [3.05, 3.63) is 0 Å². The number of likely N-dealkylation sites (N-methyl/N-ethyl adjacent to an activating group) is 2. The van der Waals surface area contributed by atoms with Gasteiger partial charge in [0.05, 0.1) is 0 Å². The van der Waals surface area contributed by atoms with Gasteiger partial charge in [-0.1, -0.05) is 12.8 Å². The van der Waals surface area contributed by atoms with Crippen molar-refractivity contribution in [2.24, 2.45) is 0 Å². The summed E-state index contributed by atoms with van der Waals surface area (Å²) < 4.78 is 0. The Bertz CT molecular complexity index is 235. The molecule has 0 spiro atoms. The number of amides is 1. The molecule has 108 valence electrons. The summed E-state index contributed by atoms with van der Waals surface area (Å²) in [6.07, 6.45) is 8.63. The zero-order valence-corrected chi connectivity index (χ0v) is 12.2. The number of likely N-dealkylation sites (tertiary alicyclic amines) is 1. The van der Waals surface area contributed by atoms with Gasteiger partial charge in [0.25, 0.3) is 0 Å². The average Bonchev–Trinajstić information content (AvgIpc) is 2.89. The summed E-state index contributed by atoms with van der Waals surface area (Å²) >= 11 is 0. The van der Waals surface area contributed by atoms with Crippen molar-refractivity contribution in [1.29, 1.82) is 0 Å². The quantitative estimate of drug-likeness (QED) is 0.780. The van der Waals surface area contributed by atoms with Gasteiger partial charge in [0.1, 0.15) is 0 Å². The van der Waals surface area contributed by atoms with Crippen LogP contribution in [0.1, 0.15) is 40.0 Å². The molecule has 1 aliphatic heterocycles. The molecule has 1 saturated heterocycles. The van der Waals surface area contributed by atoms with E-state index in [9.17, 15) is 4.79 Å². The smallest absolute Gasteiger partial charge is 0.209 e. The fraction of sp³-hybridized carbons (Fsp3) is 0.929. The highest BCUT2D eigenvalue weighted by Gasteiger charge is 2.26. The van der Waals surface area contributed by atoms with Gasteiger partial charge in [-0.15, -0.1) is 0 Å². The molecule has 0 unspecified atom stereocenters. The monoisotopic (exact) mass is 257 g/mol. The standard InChI is InChI=1S/C9H18N2O.C5H11N.H2/c1-10-8-5-3-4-6-9(8)11(2)7-12;1-6-4-2-3-5-6;/h7-10H,3-6H2,1-2H3;2-5H2,1H3;1H/t8-,9-;;/m0../s1. The molecule has 0 bridgehead atoms. The van der Waals surface area contributed by atoms with E-state index >= 15 is 0 Å². The van der Waals surface area contributed by atoms with Crippen LogP contribution in [0, 0.1) is 0 Å². The van der Waals surface area contributed by atoms with Crippen molar-refractivity contribution < 1.29 is 6.22 Å². The fourth-order valence-electron chi connectivity index (χ4n) is 2.89. The van der Waals surface area contributed by atoms with Crippen molar-refractivity contribution in [1.82, 2.24) is 15.1 Å². The third-order valence-electron chi connectivity index (χ3n) is 4.12. The lowest BCUT2D eigenvalue weighted by Gasteiger charge is -2.35. The Morgan fingerprint density at radius 1 is 1.22 bits per heavy atom. The number of hydrogen-bond donors (Lipinski definition) is 1. The molecule has 4 heteroatoms. The second kappa shape index (κ2) is 8.48. The first-order chi connectivity index (χ1) is 8.69. The molecule has 0 radical (unpaired) electrons. The van der Waals surface area contributed by atoms with E-state index in [0.29, 0.717) is 12.1 Å². The summed E-state index contributed by atoms with van der Waals surface area (Å²) in [6, 6.07) is 0.898. The zero-order chi connectivity index (χ0) is 13.4.